The SMILES string of the molecule is C=CC(=O)NCCCOC(=O)c1ccccc1-c1c2ccc(=[N+](CC)CC)cc-2oc2cc(N(CC)CC)ccc12. The topological polar surface area (TPSA) is 74.8 Å². The van der Waals surface area contributed by atoms with Crippen molar-refractivity contribution in [3.8, 4) is 22.5 Å². The fourth-order valence-corrected chi connectivity index (χ4v) is 5.21. The molecule has 0 radical (unpaired) electrons. The lowest BCUT2D eigenvalue weighted by molar-refractivity contribution is -0.116. The zero-order chi connectivity index (χ0) is 29.4. The van der Waals surface area contributed by atoms with Crippen LogP contribution in [0.5, 0.6) is 0 Å². The predicted molar refractivity (Wildman–Crippen MR) is 166 cm³/mol. The Morgan fingerprint density at radius 1 is 0.976 bits per heavy atom. The largest absolute Gasteiger partial charge is 0.462 e. The molecule has 0 unspecified atom stereocenters. The van der Waals surface area contributed by atoms with Crippen molar-refractivity contribution in [3.05, 3.63) is 84.2 Å². The maximum Gasteiger partial charge on any atom is 0.338 e. The minimum absolute atomic E-state index is 0.191. The summed E-state index contributed by atoms with van der Waals surface area (Å²) in [5.41, 5.74) is 4.98. The van der Waals surface area contributed by atoms with E-state index in [4.69, 9.17) is 9.15 Å². The van der Waals surface area contributed by atoms with Crippen LogP contribution < -0.4 is 20.1 Å². The summed E-state index contributed by atoms with van der Waals surface area (Å²) in [7, 11) is 0. The lowest BCUT2D eigenvalue weighted by Crippen LogP contribution is -2.29. The van der Waals surface area contributed by atoms with E-state index in [1.807, 2.05) is 18.2 Å². The summed E-state index contributed by atoms with van der Waals surface area (Å²) in [4.78, 5) is 27.0. The van der Waals surface area contributed by atoms with Gasteiger partial charge in [0.05, 0.1) is 18.2 Å². The molecule has 0 aromatic heterocycles. The van der Waals surface area contributed by atoms with Gasteiger partial charge in [-0.3, -0.25) is 4.79 Å². The van der Waals surface area contributed by atoms with E-state index < -0.39 is 5.97 Å². The summed E-state index contributed by atoms with van der Waals surface area (Å²) in [5, 5.41) is 4.72. The van der Waals surface area contributed by atoms with Crippen molar-refractivity contribution in [2.24, 2.45) is 0 Å². The van der Waals surface area contributed by atoms with Crippen LogP contribution in [0.25, 0.3) is 33.4 Å². The third-order valence-electron chi connectivity index (χ3n) is 7.40. The van der Waals surface area contributed by atoms with Crippen LogP contribution in [0.4, 0.5) is 5.69 Å². The Morgan fingerprint density at radius 3 is 2.44 bits per heavy atom. The van der Waals surface area contributed by atoms with Crippen LogP contribution in [-0.2, 0) is 9.53 Å². The second-order valence-electron chi connectivity index (χ2n) is 9.71. The highest BCUT2D eigenvalue weighted by Gasteiger charge is 2.23. The van der Waals surface area contributed by atoms with E-state index in [2.05, 4.69) is 85.5 Å². The van der Waals surface area contributed by atoms with Gasteiger partial charge in [0.15, 0.2) is 0 Å². The molecule has 1 N–H and O–H groups in total. The predicted octanol–water partition coefficient (Wildman–Crippen LogP) is 5.71. The number of nitrogens with one attached hydrogen (secondary N) is 1. The number of esters is 1. The molecule has 0 saturated carbocycles. The van der Waals surface area contributed by atoms with Crippen LogP contribution >= 0.6 is 0 Å². The van der Waals surface area contributed by atoms with Crippen molar-refractivity contribution >= 4 is 28.5 Å². The van der Waals surface area contributed by atoms with E-state index in [9.17, 15) is 9.59 Å². The van der Waals surface area contributed by atoms with Gasteiger partial charge in [-0.25, -0.2) is 9.37 Å². The smallest absolute Gasteiger partial charge is 0.338 e. The molecule has 1 aliphatic heterocycles. The van der Waals surface area contributed by atoms with Gasteiger partial charge in [0.25, 0.3) is 0 Å². The zero-order valence-corrected chi connectivity index (χ0v) is 24.5. The normalized spacial score (nSPS) is 10.9. The first-order valence-electron chi connectivity index (χ1n) is 14.5. The third kappa shape index (κ3) is 6.51. The standard InChI is InChI=1S/C34H39N3O4/c1-6-32(38)35-20-13-21-40-34(39)27-15-12-11-14-26(27)33-28-18-16-24(36(7-2)8-3)22-30(28)41-31-23-25(17-19-29(31)33)37(9-4)10-5/h6,11-12,14-19,22-23H,1,7-10,13,20-21H2,2-5H3/p+1. The molecule has 214 valence electrons. The molecule has 1 aliphatic carbocycles. The molecule has 0 bridgehead atoms. The van der Waals surface area contributed by atoms with Gasteiger partial charge in [-0.05, 0) is 70.0 Å². The van der Waals surface area contributed by atoms with Gasteiger partial charge in [0.2, 0.25) is 11.3 Å². The Hall–Kier alpha value is -4.39. The minimum Gasteiger partial charge on any atom is -0.462 e. The van der Waals surface area contributed by atoms with E-state index in [1.54, 1.807) is 6.07 Å². The first-order chi connectivity index (χ1) is 19.9. The van der Waals surface area contributed by atoms with Crippen molar-refractivity contribution in [2.45, 2.75) is 34.1 Å². The highest BCUT2D eigenvalue weighted by atomic mass is 16.5. The number of hydrogen-bond acceptors (Lipinski definition) is 5. The average Bonchev–Trinajstić information content (AvgIpc) is 3.00. The number of fused-ring (bicyclic) bond motifs is 2. The molecule has 0 spiro atoms. The minimum atomic E-state index is -0.405. The fraction of sp³-hybridized carbons (Fsp3) is 0.324. The van der Waals surface area contributed by atoms with Crippen LogP contribution in [0, 0.1) is 0 Å². The number of amides is 1. The average molecular weight is 555 g/mol. The molecule has 0 fully saturated rings. The maximum atomic E-state index is 13.3. The molecule has 7 heteroatoms. The summed E-state index contributed by atoms with van der Waals surface area (Å²) in [5.74, 6) is 0.107. The molecule has 2 aliphatic rings. The number of ether oxygens (including phenoxy) is 1. The number of hydrogen-bond donors (Lipinski definition) is 1. The molecule has 1 heterocycles. The Labute approximate surface area is 242 Å². The summed E-state index contributed by atoms with van der Waals surface area (Å²) in [6.45, 7) is 16.2. The van der Waals surface area contributed by atoms with Gasteiger partial charge < -0.3 is 19.4 Å². The molecule has 2 aromatic carbocycles. The second-order valence-corrected chi connectivity index (χ2v) is 9.71. The first-order valence-corrected chi connectivity index (χ1v) is 14.5. The fourth-order valence-electron chi connectivity index (χ4n) is 5.21. The quantitative estimate of drug-likeness (QED) is 0.0798. The van der Waals surface area contributed by atoms with Crippen molar-refractivity contribution in [3.63, 3.8) is 0 Å². The summed E-state index contributed by atoms with van der Waals surface area (Å²) >= 11 is 0. The molecule has 4 rings (SSSR count). The van der Waals surface area contributed by atoms with Crippen LogP contribution in [0.2, 0.25) is 0 Å². The van der Waals surface area contributed by atoms with Crippen LogP contribution in [0.3, 0.4) is 0 Å². The van der Waals surface area contributed by atoms with E-state index >= 15 is 0 Å². The van der Waals surface area contributed by atoms with Crippen molar-refractivity contribution in [1.29, 1.82) is 0 Å². The number of carbonyl (C=O) groups is 2. The van der Waals surface area contributed by atoms with Crippen LogP contribution in [0.15, 0.2) is 77.7 Å². The lowest BCUT2D eigenvalue weighted by atomic mass is 9.90. The van der Waals surface area contributed by atoms with Gasteiger partial charge in [-0.1, -0.05) is 24.8 Å². The molecule has 0 saturated heterocycles. The monoisotopic (exact) mass is 554 g/mol. The van der Waals surface area contributed by atoms with Crippen molar-refractivity contribution in [1.82, 2.24) is 9.89 Å². The van der Waals surface area contributed by atoms with Gasteiger partial charge in [0, 0.05) is 54.0 Å². The molecule has 0 atom stereocenters. The Morgan fingerprint density at radius 2 is 1.73 bits per heavy atom. The van der Waals surface area contributed by atoms with Gasteiger partial charge >= 0.3 is 5.97 Å². The number of carbonyl (C=O) groups excluding carboxylic acids is 2. The van der Waals surface area contributed by atoms with Gasteiger partial charge in [-0.2, -0.15) is 0 Å². The van der Waals surface area contributed by atoms with Crippen molar-refractivity contribution < 1.29 is 18.7 Å². The Kier molecular flexibility index (Phi) is 9.95. The molecule has 2 aromatic rings. The van der Waals surface area contributed by atoms with Gasteiger partial charge in [-0.15, -0.1) is 0 Å². The molecule has 7 nitrogen and oxygen atoms in total. The number of benzene rings is 3. The summed E-state index contributed by atoms with van der Waals surface area (Å²) in [6, 6.07) is 20.1. The van der Waals surface area contributed by atoms with Crippen LogP contribution in [-0.4, -0.2) is 51.2 Å². The van der Waals surface area contributed by atoms with Gasteiger partial charge in [0.1, 0.15) is 24.4 Å². The van der Waals surface area contributed by atoms with Crippen molar-refractivity contribution in [2.75, 3.05) is 44.2 Å². The van der Waals surface area contributed by atoms with E-state index in [1.165, 1.54) is 6.08 Å². The highest BCUT2D eigenvalue weighted by molar-refractivity contribution is 6.08. The zero-order valence-electron chi connectivity index (χ0n) is 24.5. The first kappa shape index (κ1) is 29.6. The van der Waals surface area contributed by atoms with E-state index in [0.29, 0.717) is 18.5 Å². The van der Waals surface area contributed by atoms with E-state index in [0.717, 1.165) is 70.6 Å². The number of anilines is 1. The highest BCUT2D eigenvalue weighted by Crippen LogP contribution is 2.42. The molecule has 1 amide bonds. The second kappa shape index (κ2) is 13.8. The Bertz CT molecular complexity index is 1580. The summed E-state index contributed by atoms with van der Waals surface area (Å²) in [6.07, 6.45) is 1.73. The van der Waals surface area contributed by atoms with Crippen LogP contribution in [0.1, 0.15) is 44.5 Å². The maximum absolute atomic E-state index is 13.3. The molecular formula is C34H40N3O4+. The number of nitrogens with zero attached hydrogens (tertiary/aromatic N) is 2. The molecule has 41 heavy (non-hydrogen) atoms. The Balaban J connectivity index is 1.85. The molecular weight excluding hydrogens is 514 g/mol. The number of rotatable bonds is 12. The third-order valence-corrected chi connectivity index (χ3v) is 7.40. The lowest BCUT2D eigenvalue weighted by Gasteiger charge is -2.22. The summed E-state index contributed by atoms with van der Waals surface area (Å²) < 4.78 is 14.5. The van der Waals surface area contributed by atoms with E-state index in [-0.39, 0.29) is 12.5 Å².